The predicted octanol–water partition coefficient (Wildman–Crippen LogP) is 2.08. The van der Waals surface area contributed by atoms with E-state index in [0.717, 1.165) is 12.1 Å². The van der Waals surface area contributed by atoms with E-state index in [1.54, 1.807) is 25.2 Å². The van der Waals surface area contributed by atoms with Crippen molar-refractivity contribution in [1.82, 2.24) is 0 Å². The number of ether oxygens (including phenoxy) is 2. The SMILES string of the molecule is COC[C@@H]1C[C@@H](OC)CN1c1c(F)cc(C#N)cc1F. The van der Waals surface area contributed by atoms with Gasteiger partial charge in [-0.25, -0.2) is 8.78 Å². The first-order chi connectivity index (χ1) is 9.60. The quantitative estimate of drug-likeness (QED) is 0.848. The molecule has 0 spiro atoms. The first kappa shape index (κ1) is 14.7. The van der Waals surface area contributed by atoms with Gasteiger partial charge in [-0.3, -0.25) is 0 Å². The second-order valence-electron chi connectivity index (χ2n) is 4.76. The van der Waals surface area contributed by atoms with E-state index in [-0.39, 0.29) is 23.4 Å². The summed E-state index contributed by atoms with van der Waals surface area (Å²) in [4.78, 5) is 1.61. The van der Waals surface area contributed by atoms with Gasteiger partial charge in [0.1, 0.15) is 5.69 Å². The molecule has 2 rings (SSSR count). The molecule has 1 aromatic rings. The van der Waals surface area contributed by atoms with Crippen LogP contribution in [0.2, 0.25) is 0 Å². The molecule has 1 aliphatic heterocycles. The van der Waals surface area contributed by atoms with Crippen LogP contribution in [0, 0.1) is 23.0 Å². The predicted molar refractivity (Wildman–Crippen MR) is 69.5 cm³/mol. The lowest BCUT2D eigenvalue weighted by Crippen LogP contribution is -2.34. The zero-order valence-corrected chi connectivity index (χ0v) is 11.4. The van der Waals surface area contributed by atoms with E-state index < -0.39 is 11.6 Å². The van der Waals surface area contributed by atoms with Crippen LogP contribution < -0.4 is 4.90 Å². The molecule has 6 heteroatoms. The lowest BCUT2D eigenvalue weighted by atomic mass is 10.1. The third-order valence-electron chi connectivity index (χ3n) is 3.50. The Morgan fingerprint density at radius 1 is 1.35 bits per heavy atom. The molecule has 0 unspecified atom stereocenters. The maximum atomic E-state index is 14.1. The van der Waals surface area contributed by atoms with Crippen molar-refractivity contribution in [2.24, 2.45) is 0 Å². The number of halogens is 2. The van der Waals surface area contributed by atoms with Crippen molar-refractivity contribution in [3.63, 3.8) is 0 Å². The minimum absolute atomic E-state index is 0.0328. The number of nitrogens with zero attached hydrogens (tertiary/aromatic N) is 2. The Bertz CT molecular complexity index is 507. The Hall–Kier alpha value is -1.71. The molecule has 108 valence electrons. The van der Waals surface area contributed by atoms with E-state index in [4.69, 9.17) is 14.7 Å². The summed E-state index contributed by atoms with van der Waals surface area (Å²) in [6.45, 7) is 0.753. The highest BCUT2D eigenvalue weighted by Gasteiger charge is 2.35. The first-order valence-corrected chi connectivity index (χ1v) is 6.28. The fourth-order valence-corrected chi connectivity index (χ4v) is 2.57. The highest BCUT2D eigenvalue weighted by atomic mass is 19.1. The molecule has 1 aliphatic rings. The second-order valence-corrected chi connectivity index (χ2v) is 4.76. The molecule has 0 aromatic heterocycles. The van der Waals surface area contributed by atoms with Crippen molar-refractivity contribution in [3.8, 4) is 6.07 Å². The number of rotatable bonds is 4. The molecule has 20 heavy (non-hydrogen) atoms. The number of anilines is 1. The molecular weight excluding hydrogens is 266 g/mol. The summed E-state index contributed by atoms with van der Waals surface area (Å²) >= 11 is 0. The minimum atomic E-state index is -0.737. The fraction of sp³-hybridized carbons (Fsp3) is 0.500. The van der Waals surface area contributed by atoms with Crippen molar-refractivity contribution in [2.45, 2.75) is 18.6 Å². The van der Waals surface area contributed by atoms with Gasteiger partial charge in [0, 0.05) is 20.8 Å². The first-order valence-electron chi connectivity index (χ1n) is 6.28. The van der Waals surface area contributed by atoms with Crippen LogP contribution in [0.15, 0.2) is 12.1 Å². The van der Waals surface area contributed by atoms with Crippen molar-refractivity contribution < 1.29 is 18.3 Å². The summed E-state index contributed by atoms with van der Waals surface area (Å²) < 4.78 is 38.5. The molecule has 1 saturated heterocycles. The van der Waals surface area contributed by atoms with Gasteiger partial charge in [0.15, 0.2) is 11.6 Å². The Morgan fingerprint density at radius 2 is 2.00 bits per heavy atom. The van der Waals surface area contributed by atoms with Crippen LogP contribution in [-0.4, -0.2) is 39.5 Å². The largest absolute Gasteiger partial charge is 0.383 e. The average molecular weight is 282 g/mol. The zero-order chi connectivity index (χ0) is 14.7. The molecule has 0 aliphatic carbocycles. The van der Waals surface area contributed by atoms with Gasteiger partial charge in [-0.1, -0.05) is 0 Å². The lowest BCUT2D eigenvalue weighted by molar-refractivity contribution is 0.111. The molecule has 0 N–H and O–H groups in total. The van der Waals surface area contributed by atoms with Crippen molar-refractivity contribution >= 4 is 5.69 Å². The summed E-state index contributed by atoms with van der Waals surface area (Å²) in [5.74, 6) is -1.47. The molecule has 1 heterocycles. The molecule has 0 bridgehead atoms. The zero-order valence-electron chi connectivity index (χ0n) is 11.4. The van der Waals surface area contributed by atoms with E-state index >= 15 is 0 Å². The average Bonchev–Trinajstić information content (AvgIpc) is 2.81. The van der Waals surface area contributed by atoms with E-state index in [0.29, 0.717) is 19.6 Å². The minimum Gasteiger partial charge on any atom is -0.383 e. The molecule has 4 nitrogen and oxygen atoms in total. The third kappa shape index (κ3) is 2.74. The normalized spacial score (nSPS) is 22.1. The van der Waals surface area contributed by atoms with Crippen molar-refractivity contribution in [1.29, 1.82) is 5.26 Å². The summed E-state index contributed by atoms with van der Waals surface area (Å²) in [7, 11) is 3.12. The molecule has 2 atom stereocenters. The maximum absolute atomic E-state index is 14.1. The van der Waals surface area contributed by atoms with E-state index in [1.807, 2.05) is 0 Å². The fourth-order valence-electron chi connectivity index (χ4n) is 2.57. The summed E-state index contributed by atoms with van der Waals surface area (Å²) in [5.41, 5.74) is -0.153. The molecular formula is C14H16F2N2O2. The van der Waals surface area contributed by atoms with Gasteiger partial charge in [0.05, 0.1) is 30.4 Å². The molecule has 0 radical (unpaired) electrons. The Kier molecular flexibility index (Phi) is 4.53. The van der Waals surface area contributed by atoms with Crippen molar-refractivity contribution in [3.05, 3.63) is 29.3 Å². The van der Waals surface area contributed by atoms with Gasteiger partial charge in [0.25, 0.3) is 0 Å². The monoisotopic (exact) mass is 282 g/mol. The topological polar surface area (TPSA) is 45.5 Å². The maximum Gasteiger partial charge on any atom is 0.150 e. The van der Waals surface area contributed by atoms with Gasteiger partial charge in [0.2, 0.25) is 0 Å². The van der Waals surface area contributed by atoms with Gasteiger partial charge >= 0.3 is 0 Å². The van der Waals surface area contributed by atoms with E-state index in [2.05, 4.69) is 0 Å². The standard InChI is InChI=1S/C14H16F2N2O2/c1-19-8-10-5-11(20-2)7-18(10)14-12(15)3-9(6-17)4-13(14)16/h3-4,10-11H,5,7-8H2,1-2H3/t10-,11+/m0/s1. The van der Waals surface area contributed by atoms with Crippen LogP contribution in [0.1, 0.15) is 12.0 Å². The van der Waals surface area contributed by atoms with Gasteiger partial charge in [-0.05, 0) is 18.6 Å². The summed E-state index contributed by atoms with van der Waals surface area (Å²) in [6, 6.07) is 3.67. The second kappa shape index (κ2) is 6.16. The highest BCUT2D eigenvalue weighted by Crippen LogP contribution is 2.32. The van der Waals surface area contributed by atoms with Crippen LogP contribution >= 0.6 is 0 Å². The summed E-state index contributed by atoms with van der Waals surface area (Å²) in [6.07, 6.45) is 0.549. The summed E-state index contributed by atoms with van der Waals surface area (Å²) in [5, 5.41) is 8.72. The number of nitriles is 1. The van der Waals surface area contributed by atoms with Gasteiger partial charge in [-0.15, -0.1) is 0 Å². The van der Waals surface area contributed by atoms with Gasteiger partial charge < -0.3 is 14.4 Å². The van der Waals surface area contributed by atoms with E-state index in [1.165, 1.54) is 0 Å². The highest BCUT2D eigenvalue weighted by molar-refractivity contribution is 5.54. The molecule has 0 saturated carbocycles. The van der Waals surface area contributed by atoms with E-state index in [9.17, 15) is 8.78 Å². The Balaban J connectivity index is 2.36. The molecule has 0 amide bonds. The Labute approximate surface area is 116 Å². The number of benzene rings is 1. The number of hydrogen-bond acceptors (Lipinski definition) is 4. The van der Waals surface area contributed by atoms with Crippen LogP contribution in [0.3, 0.4) is 0 Å². The van der Waals surface area contributed by atoms with Crippen molar-refractivity contribution in [2.75, 3.05) is 32.3 Å². The van der Waals surface area contributed by atoms with Crippen LogP contribution in [-0.2, 0) is 9.47 Å². The number of hydrogen-bond donors (Lipinski definition) is 0. The third-order valence-corrected chi connectivity index (χ3v) is 3.50. The van der Waals surface area contributed by atoms with Gasteiger partial charge in [-0.2, -0.15) is 5.26 Å². The number of methoxy groups -OCH3 is 2. The lowest BCUT2D eigenvalue weighted by Gasteiger charge is -2.26. The molecule has 1 fully saturated rings. The smallest absolute Gasteiger partial charge is 0.150 e. The van der Waals surface area contributed by atoms with Crippen LogP contribution in [0.25, 0.3) is 0 Å². The van der Waals surface area contributed by atoms with Crippen LogP contribution in [0.4, 0.5) is 14.5 Å². The Morgan fingerprint density at radius 3 is 2.50 bits per heavy atom. The molecule has 1 aromatic carbocycles. The van der Waals surface area contributed by atoms with Crippen LogP contribution in [0.5, 0.6) is 0 Å².